The zero-order valence-electron chi connectivity index (χ0n) is 10.1. The lowest BCUT2D eigenvalue weighted by atomic mass is 9.90. The van der Waals surface area contributed by atoms with Crippen molar-refractivity contribution < 1.29 is 9.53 Å². The molecule has 0 aromatic carbocycles. The maximum Gasteiger partial charge on any atom is 0.254 e. The quantitative estimate of drug-likeness (QED) is 0.805. The van der Waals surface area contributed by atoms with Crippen LogP contribution in [0.2, 0.25) is 0 Å². The van der Waals surface area contributed by atoms with Crippen LogP contribution in [0.4, 0.5) is 0 Å². The molecule has 4 N–H and O–H groups in total. The molecule has 1 aromatic rings. The third-order valence-corrected chi connectivity index (χ3v) is 2.96. The first-order valence-electron chi connectivity index (χ1n) is 5.67. The number of aromatic nitrogens is 1. The van der Waals surface area contributed by atoms with Crippen LogP contribution < -0.4 is 16.2 Å². The first-order chi connectivity index (χ1) is 7.97. The molecular formula is C12H17N3O2. The van der Waals surface area contributed by atoms with Gasteiger partial charge in [0.15, 0.2) is 0 Å². The molecule has 0 bridgehead atoms. The fraction of sp³-hybridized carbons (Fsp3) is 0.500. The molecule has 1 aliphatic carbocycles. The Morgan fingerprint density at radius 3 is 2.65 bits per heavy atom. The van der Waals surface area contributed by atoms with Gasteiger partial charge in [-0.2, -0.15) is 0 Å². The van der Waals surface area contributed by atoms with Crippen LogP contribution in [0.5, 0.6) is 5.75 Å². The summed E-state index contributed by atoms with van der Waals surface area (Å²) in [6.45, 7) is 3.61. The zero-order valence-corrected chi connectivity index (χ0v) is 10.1. The van der Waals surface area contributed by atoms with E-state index in [2.05, 4.69) is 4.98 Å². The molecule has 5 heteroatoms. The van der Waals surface area contributed by atoms with Crippen molar-refractivity contribution in [3.63, 3.8) is 0 Å². The second-order valence-corrected chi connectivity index (χ2v) is 4.56. The second kappa shape index (κ2) is 4.33. The lowest BCUT2D eigenvalue weighted by Gasteiger charge is -2.33. The van der Waals surface area contributed by atoms with Gasteiger partial charge in [0.1, 0.15) is 17.4 Å². The van der Waals surface area contributed by atoms with E-state index < -0.39 is 5.91 Å². The summed E-state index contributed by atoms with van der Waals surface area (Å²) in [5, 5.41) is 0. The van der Waals surface area contributed by atoms with Gasteiger partial charge in [0, 0.05) is 17.8 Å². The molecule has 1 saturated carbocycles. The Morgan fingerprint density at radius 1 is 1.47 bits per heavy atom. The number of carbonyl (C=O) groups excluding carboxylic acids is 1. The Bertz CT molecular complexity index is 453. The maximum absolute atomic E-state index is 11.4. The molecule has 1 amide bonds. The minimum Gasteiger partial charge on any atom is -0.489 e. The Hall–Kier alpha value is -1.62. The van der Waals surface area contributed by atoms with E-state index in [9.17, 15) is 4.79 Å². The van der Waals surface area contributed by atoms with Crippen molar-refractivity contribution in [1.82, 2.24) is 4.98 Å². The Balaban J connectivity index is 2.27. The number of pyridine rings is 1. The number of nitrogens with two attached hydrogens (primary N) is 2. The Labute approximate surface area is 100 Å². The number of rotatable bonds is 3. The van der Waals surface area contributed by atoms with E-state index in [1.54, 1.807) is 13.0 Å². The number of aryl methyl sites for hydroxylation is 2. The fourth-order valence-electron chi connectivity index (χ4n) is 2.07. The van der Waals surface area contributed by atoms with Gasteiger partial charge >= 0.3 is 0 Å². The van der Waals surface area contributed by atoms with E-state index in [4.69, 9.17) is 16.2 Å². The highest BCUT2D eigenvalue weighted by Gasteiger charge is 2.29. The number of nitrogens with zero attached hydrogens (tertiary/aromatic N) is 1. The predicted molar refractivity (Wildman–Crippen MR) is 63.9 cm³/mol. The zero-order chi connectivity index (χ0) is 12.6. The molecule has 5 nitrogen and oxygen atoms in total. The summed E-state index contributed by atoms with van der Waals surface area (Å²) >= 11 is 0. The number of hydrogen-bond acceptors (Lipinski definition) is 4. The van der Waals surface area contributed by atoms with Gasteiger partial charge in [-0.1, -0.05) is 0 Å². The first-order valence-corrected chi connectivity index (χ1v) is 5.67. The van der Waals surface area contributed by atoms with Crippen molar-refractivity contribution in [2.45, 2.75) is 38.8 Å². The number of hydrogen-bond donors (Lipinski definition) is 2. The van der Waals surface area contributed by atoms with Crippen LogP contribution in [0.1, 0.15) is 34.6 Å². The lowest BCUT2D eigenvalue weighted by molar-refractivity contribution is 0.0924. The van der Waals surface area contributed by atoms with E-state index in [1.807, 2.05) is 6.92 Å². The van der Waals surface area contributed by atoms with E-state index in [0.29, 0.717) is 17.0 Å². The van der Waals surface area contributed by atoms with Crippen molar-refractivity contribution in [3.05, 3.63) is 23.0 Å². The molecule has 2 rings (SSSR count). The maximum atomic E-state index is 11.4. The summed E-state index contributed by atoms with van der Waals surface area (Å²) in [4.78, 5) is 15.6. The van der Waals surface area contributed by atoms with Crippen LogP contribution in [0.25, 0.3) is 0 Å². The highest BCUT2D eigenvalue weighted by Crippen LogP contribution is 2.28. The molecule has 1 aromatic heterocycles. The first kappa shape index (κ1) is 11.9. The topological polar surface area (TPSA) is 91.2 Å². The van der Waals surface area contributed by atoms with Crippen LogP contribution in [0.15, 0.2) is 6.07 Å². The second-order valence-electron chi connectivity index (χ2n) is 4.56. The molecule has 0 radical (unpaired) electrons. The van der Waals surface area contributed by atoms with Gasteiger partial charge in [0.25, 0.3) is 5.91 Å². The summed E-state index contributed by atoms with van der Waals surface area (Å²) in [5.41, 5.74) is 12.8. The van der Waals surface area contributed by atoms with Crippen LogP contribution in [-0.4, -0.2) is 23.0 Å². The smallest absolute Gasteiger partial charge is 0.254 e. The van der Waals surface area contributed by atoms with Gasteiger partial charge in [-0.15, -0.1) is 0 Å². The van der Waals surface area contributed by atoms with Gasteiger partial charge in [-0.25, -0.2) is 0 Å². The average molecular weight is 235 g/mol. The molecule has 1 heterocycles. The van der Waals surface area contributed by atoms with Crippen molar-refractivity contribution in [3.8, 4) is 5.75 Å². The Morgan fingerprint density at radius 2 is 2.12 bits per heavy atom. The normalized spacial score (nSPS) is 23.0. The molecule has 0 atom stereocenters. The van der Waals surface area contributed by atoms with Crippen LogP contribution in [0.3, 0.4) is 0 Å². The summed E-state index contributed by atoms with van der Waals surface area (Å²) in [5.74, 6) is 0.0213. The lowest BCUT2D eigenvalue weighted by Crippen LogP contribution is -2.43. The van der Waals surface area contributed by atoms with E-state index in [1.165, 1.54) is 0 Å². The molecule has 92 valence electrons. The van der Waals surface area contributed by atoms with E-state index in [0.717, 1.165) is 18.5 Å². The minimum absolute atomic E-state index is 0.0873. The SMILES string of the molecule is Cc1cc(OC2CC(N)C2)c(C(N)=O)c(C)n1. The van der Waals surface area contributed by atoms with E-state index >= 15 is 0 Å². The fourth-order valence-corrected chi connectivity index (χ4v) is 2.07. The van der Waals surface area contributed by atoms with Gasteiger partial charge in [0.2, 0.25) is 0 Å². The number of primary amides is 1. The van der Waals surface area contributed by atoms with Crippen LogP contribution in [-0.2, 0) is 0 Å². The predicted octanol–water partition coefficient (Wildman–Crippen LogP) is 0.666. The Kier molecular flexibility index (Phi) is 3.02. The third-order valence-electron chi connectivity index (χ3n) is 2.96. The van der Waals surface area contributed by atoms with Crippen LogP contribution in [0, 0.1) is 13.8 Å². The van der Waals surface area contributed by atoms with Crippen molar-refractivity contribution in [2.75, 3.05) is 0 Å². The molecule has 0 aliphatic heterocycles. The molecular weight excluding hydrogens is 218 g/mol. The van der Waals surface area contributed by atoms with Crippen molar-refractivity contribution in [1.29, 1.82) is 0 Å². The number of ether oxygens (including phenoxy) is 1. The van der Waals surface area contributed by atoms with Crippen molar-refractivity contribution >= 4 is 5.91 Å². The summed E-state index contributed by atoms with van der Waals surface area (Å²) < 4.78 is 5.75. The van der Waals surface area contributed by atoms with Crippen molar-refractivity contribution in [2.24, 2.45) is 11.5 Å². The highest BCUT2D eigenvalue weighted by molar-refractivity contribution is 5.96. The highest BCUT2D eigenvalue weighted by atomic mass is 16.5. The standard InChI is InChI=1S/C12H17N3O2/c1-6-3-10(17-9-4-8(13)5-9)11(12(14)16)7(2)15-6/h3,8-9H,4-5,13H2,1-2H3,(H2,14,16). The van der Waals surface area contributed by atoms with Gasteiger partial charge in [-0.3, -0.25) is 9.78 Å². The molecule has 1 aliphatic rings. The molecule has 0 saturated heterocycles. The summed E-state index contributed by atoms with van der Waals surface area (Å²) in [6.07, 6.45) is 1.72. The molecule has 17 heavy (non-hydrogen) atoms. The minimum atomic E-state index is -0.506. The van der Waals surface area contributed by atoms with Gasteiger partial charge in [0.05, 0.1) is 5.69 Å². The molecule has 0 unspecified atom stereocenters. The number of amides is 1. The average Bonchev–Trinajstić information content (AvgIpc) is 2.13. The molecule has 1 fully saturated rings. The van der Waals surface area contributed by atoms with Gasteiger partial charge < -0.3 is 16.2 Å². The van der Waals surface area contributed by atoms with E-state index in [-0.39, 0.29) is 12.1 Å². The monoisotopic (exact) mass is 235 g/mol. The van der Waals surface area contributed by atoms with Gasteiger partial charge in [-0.05, 0) is 26.7 Å². The summed E-state index contributed by atoms with van der Waals surface area (Å²) in [6, 6.07) is 1.96. The number of carbonyl (C=O) groups is 1. The summed E-state index contributed by atoms with van der Waals surface area (Å²) in [7, 11) is 0. The molecule has 0 spiro atoms. The largest absolute Gasteiger partial charge is 0.489 e. The third kappa shape index (κ3) is 2.39. The van der Waals surface area contributed by atoms with Crippen LogP contribution >= 0.6 is 0 Å².